The lowest BCUT2D eigenvalue weighted by atomic mass is 9.89. The Hall–Kier alpha value is -6.36. The van der Waals surface area contributed by atoms with Gasteiger partial charge in [0.2, 0.25) is 0 Å². The van der Waals surface area contributed by atoms with E-state index in [1.165, 1.54) is 82.5 Å². The van der Waals surface area contributed by atoms with Gasteiger partial charge >= 0.3 is 0 Å². The molecule has 0 fully saturated rings. The molecule has 1 unspecified atom stereocenters. The number of para-hydroxylation sites is 2. The Morgan fingerprint density at radius 1 is 0.471 bits per heavy atom. The van der Waals surface area contributed by atoms with Gasteiger partial charge in [0, 0.05) is 51.2 Å². The zero-order valence-corrected chi connectivity index (χ0v) is 29.2. The molecular formula is C47H31N3Si. The van der Waals surface area contributed by atoms with E-state index < -0.39 is 9.52 Å². The van der Waals surface area contributed by atoms with Crippen LogP contribution in [0.1, 0.15) is 22.6 Å². The van der Waals surface area contributed by atoms with Gasteiger partial charge in [0.25, 0.3) is 0 Å². The Labute approximate surface area is 298 Å². The van der Waals surface area contributed by atoms with Crippen LogP contribution in [0, 0.1) is 0 Å². The molecule has 0 radical (unpaired) electrons. The summed E-state index contributed by atoms with van der Waals surface area (Å²) in [6, 6.07) is 57.6. The Morgan fingerprint density at radius 3 is 2.04 bits per heavy atom. The number of rotatable bonds is 4. The van der Waals surface area contributed by atoms with Crippen LogP contribution in [0.25, 0.3) is 72.1 Å². The topological polar surface area (TPSA) is 30.7 Å². The second kappa shape index (κ2) is 11.1. The van der Waals surface area contributed by atoms with Crippen molar-refractivity contribution in [3.05, 3.63) is 187 Å². The Kier molecular flexibility index (Phi) is 6.18. The number of pyridine rings is 2. The van der Waals surface area contributed by atoms with Crippen LogP contribution in [0.3, 0.4) is 0 Å². The molecule has 1 aliphatic heterocycles. The average molecular weight is 666 g/mol. The molecule has 238 valence electrons. The molecule has 0 N–H and O–H groups in total. The van der Waals surface area contributed by atoms with Crippen LogP contribution >= 0.6 is 0 Å². The van der Waals surface area contributed by atoms with Crippen LogP contribution in [0.2, 0.25) is 0 Å². The summed E-state index contributed by atoms with van der Waals surface area (Å²) in [5.41, 5.74) is 17.3. The quantitative estimate of drug-likeness (QED) is 0.176. The van der Waals surface area contributed by atoms with Gasteiger partial charge in [-0.2, -0.15) is 0 Å². The smallest absolute Gasteiger partial charge is 0.115 e. The number of hydrogen-bond acceptors (Lipinski definition) is 2. The van der Waals surface area contributed by atoms with Gasteiger partial charge in [0.05, 0.1) is 16.7 Å². The van der Waals surface area contributed by atoms with Crippen molar-refractivity contribution < 1.29 is 0 Å². The Morgan fingerprint density at radius 2 is 1.14 bits per heavy atom. The van der Waals surface area contributed by atoms with Crippen molar-refractivity contribution in [1.29, 1.82) is 0 Å². The van der Waals surface area contributed by atoms with Gasteiger partial charge in [-0.1, -0.05) is 115 Å². The van der Waals surface area contributed by atoms with E-state index in [0.717, 1.165) is 16.8 Å². The largest absolute Gasteiger partial charge is 0.309 e. The summed E-state index contributed by atoms with van der Waals surface area (Å²) in [4.78, 5) is 10.2. The molecule has 11 rings (SSSR count). The van der Waals surface area contributed by atoms with Crippen molar-refractivity contribution >= 4 is 41.8 Å². The van der Waals surface area contributed by atoms with Crippen LogP contribution in [0.15, 0.2) is 170 Å². The summed E-state index contributed by atoms with van der Waals surface area (Å²) in [5.74, 6) is 0.254. The molecule has 9 aromatic rings. The summed E-state index contributed by atoms with van der Waals surface area (Å²) < 4.78 is 2.36. The highest BCUT2D eigenvalue weighted by atomic mass is 28.2. The first-order chi connectivity index (χ1) is 25.3. The summed E-state index contributed by atoms with van der Waals surface area (Å²) in [6.07, 6.45) is 4.13. The van der Waals surface area contributed by atoms with E-state index in [1.807, 2.05) is 0 Å². The van der Waals surface area contributed by atoms with Gasteiger partial charge in [-0.05, 0) is 92.2 Å². The van der Waals surface area contributed by atoms with Crippen LogP contribution in [0.5, 0.6) is 0 Å². The van der Waals surface area contributed by atoms with E-state index in [4.69, 9.17) is 9.97 Å². The molecule has 4 heteroatoms. The van der Waals surface area contributed by atoms with E-state index in [9.17, 15) is 0 Å². The predicted molar refractivity (Wildman–Crippen MR) is 213 cm³/mol. The van der Waals surface area contributed by atoms with E-state index in [2.05, 4.69) is 175 Å². The van der Waals surface area contributed by atoms with Gasteiger partial charge < -0.3 is 4.57 Å². The average Bonchev–Trinajstić information content (AvgIpc) is 3.85. The third-order valence-corrected chi connectivity index (χ3v) is 12.8. The number of fused-ring (bicyclic) bond motifs is 9. The molecule has 1 atom stereocenters. The lowest BCUT2D eigenvalue weighted by molar-refractivity contribution is 1.02. The third kappa shape index (κ3) is 4.37. The van der Waals surface area contributed by atoms with Crippen LogP contribution < -0.4 is 10.5 Å². The maximum atomic E-state index is 5.13. The van der Waals surface area contributed by atoms with Gasteiger partial charge in [0.1, 0.15) is 9.52 Å². The fourth-order valence-corrected chi connectivity index (χ4v) is 10.4. The fraction of sp³-hybridized carbons (Fsp3) is 0.0213. The molecule has 6 aromatic carbocycles. The van der Waals surface area contributed by atoms with Crippen LogP contribution in [-0.2, 0) is 0 Å². The summed E-state index contributed by atoms with van der Waals surface area (Å²) in [6.45, 7) is 0. The van der Waals surface area contributed by atoms with Gasteiger partial charge in [-0.25, -0.2) is 0 Å². The number of hydrogen-bond donors (Lipinski definition) is 0. The van der Waals surface area contributed by atoms with E-state index in [0.29, 0.717) is 0 Å². The van der Waals surface area contributed by atoms with Crippen LogP contribution in [-0.4, -0.2) is 24.1 Å². The standard InChI is InChI=1S/C47H31N3Si/c1-3-11-29(12-4-1)45-37-17-8-7-15-35(37)39-23-30(19-21-38(39)45)32-25-41-46-44(51-47(41)49-28-32)26-33(27-48-46)31-20-22-43-40(24-31)36-16-9-10-18-42(36)50(43)34-13-5-2-6-14-34/h1-28,45H,51H2. The second-order valence-electron chi connectivity index (χ2n) is 13.8. The SMILES string of the molecule is c1ccc(C2c3ccccc3-c3cc(-c4cnc5c(c4)-c4ncc(-c6ccc7c(c6)c6ccccc6n7-c6ccccc6)cc4[SiH2]5)ccc32)cc1. The highest BCUT2D eigenvalue weighted by Gasteiger charge is 2.30. The van der Waals surface area contributed by atoms with Crippen molar-refractivity contribution in [2.75, 3.05) is 0 Å². The molecule has 0 amide bonds. The molecule has 3 aromatic heterocycles. The maximum absolute atomic E-state index is 5.13. The molecule has 0 saturated heterocycles. The Bertz CT molecular complexity index is 2840. The maximum Gasteiger partial charge on any atom is 0.115 e. The minimum atomic E-state index is -0.750. The van der Waals surface area contributed by atoms with E-state index in [-0.39, 0.29) is 5.92 Å². The number of nitrogens with zero attached hydrogens (tertiary/aromatic N) is 3. The zero-order chi connectivity index (χ0) is 33.5. The first-order valence-corrected chi connectivity index (χ1v) is 19.1. The van der Waals surface area contributed by atoms with Crippen molar-refractivity contribution in [3.8, 4) is 50.3 Å². The summed E-state index contributed by atoms with van der Waals surface area (Å²) in [7, 11) is -0.750. The Balaban J connectivity index is 0.959. The molecule has 0 bridgehead atoms. The minimum absolute atomic E-state index is 0.254. The predicted octanol–water partition coefficient (Wildman–Crippen LogP) is 9.17. The molecule has 0 spiro atoms. The first-order valence-electron chi connectivity index (χ1n) is 17.6. The van der Waals surface area contributed by atoms with E-state index >= 15 is 0 Å². The lowest BCUT2D eigenvalue weighted by Crippen LogP contribution is -2.23. The molecule has 2 aliphatic rings. The van der Waals surface area contributed by atoms with Crippen molar-refractivity contribution in [2.45, 2.75) is 5.92 Å². The highest BCUT2D eigenvalue weighted by molar-refractivity contribution is 6.72. The van der Waals surface area contributed by atoms with Crippen molar-refractivity contribution in [1.82, 2.24) is 14.5 Å². The van der Waals surface area contributed by atoms with Crippen molar-refractivity contribution in [2.24, 2.45) is 0 Å². The first kappa shape index (κ1) is 28.5. The van der Waals surface area contributed by atoms with Crippen molar-refractivity contribution in [3.63, 3.8) is 0 Å². The van der Waals surface area contributed by atoms with Gasteiger partial charge in [-0.15, -0.1) is 0 Å². The molecule has 1 aliphatic carbocycles. The molecule has 4 heterocycles. The minimum Gasteiger partial charge on any atom is -0.309 e. The summed E-state index contributed by atoms with van der Waals surface area (Å²) >= 11 is 0. The van der Waals surface area contributed by atoms with Gasteiger partial charge in [0.15, 0.2) is 0 Å². The van der Waals surface area contributed by atoms with Gasteiger partial charge in [-0.3, -0.25) is 9.97 Å². The highest BCUT2D eigenvalue weighted by Crippen LogP contribution is 2.49. The van der Waals surface area contributed by atoms with Crippen LogP contribution in [0.4, 0.5) is 0 Å². The lowest BCUT2D eigenvalue weighted by Gasteiger charge is -2.14. The third-order valence-electron chi connectivity index (χ3n) is 11.0. The van der Waals surface area contributed by atoms with E-state index in [1.54, 1.807) is 0 Å². The molecule has 3 nitrogen and oxygen atoms in total. The zero-order valence-electron chi connectivity index (χ0n) is 27.8. The monoisotopic (exact) mass is 665 g/mol. The molecule has 51 heavy (non-hydrogen) atoms. The fourth-order valence-electron chi connectivity index (χ4n) is 8.62. The number of aromatic nitrogens is 3. The number of benzene rings is 6. The molecular weight excluding hydrogens is 635 g/mol. The second-order valence-corrected chi connectivity index (χ2v) is 15.6. The molecule has 0 saturated carbocycles. The summed E-state index contributed by atoms with van der Waals surface area (Å²) in [5, 5.41) is 5.12. The normalized spacial score (nSPS) is 14.5.